The normalized spacial score (nSPS) is 12.8. The van der Waals surface area contributed by atoms with E-state index in [9.17, 15) is 4.79 Å². The van der Waals surface area contributed by atoms with Crippen LogP contribution in [0.3, 0.4) is 0 Å². The van der Waals surface area contributed by atoms with Gasteiger partial charge in [0.2, 0.25) is 12.7 Å². The zero-order valence-corrected chi connectivity index (χ0v) is 14.4. The van der Waals surface area contributed by atoms with Crippen molar-refractivity contribution in [2.75, 3.05) is 13.3 Å². The van der Waals surface area contributed by atoms with Gasteiger partial charge in [0.1, 0.15) is 5.82 Å². The molecule has 1 N–H and O–H groups in total. The molecule has 3 aromatic rings. The molecule has 132 valence electrons. The van der Waals surface area contributed by atoms with Crippen molar-refractivity contribution >= 4 is 23.0 Å². The Kier molecular flexibility index (Phi) is 4.31. The van der Waals surface area contributed by atoms with Crippen LogP contribution in [0, 0.1) is 6.92 Å². The summed E-state index contributed by atoms with van der Waals surface area (Å²) in [6.07, 6.45) is 3.28. The van der Waals surface area contributed by atoms with E-state index in [1.54, 1.807) is 6.08 Å². The van der Waals surface area contributed by atoms with Crippen LogP contribution in [0.5, 0.6) is 11.5 Å². The molecule has 26 heavy (non-hydrogen) atoms. The van der Waals surface area contributed by atoms with Crippen molar-refractivity contribution in [2.45, 2.75) is 13.5 Å². The summed E-state index contributed by atoms with van der Waals surface area (Å²) in [5.41, 5.74) is 2.94. The van der Waals surface area contributed by atoms with Gasteiger partial charge in [-0.3, -0.25) is 4.79 Å². The van der Waals surface area contributed by atoms with E-state index in [-0.39, 0.29) is 12.7 Å². The van der Waals surface area contributed by atoms with Gasteiger partial charge in [0.05, 0.1) is 11.0 Å². The second-order valence-corrected chi connectivity index (χ2v) is 6.04. The first-order valence-corrected chi connectivity index (χ1v) is 8.48. The molecule has 0 atom stereocenters. The van der Waals surface area contributed by atoms with Gasteiger partial charge in [-0.1, -0.05) is 18.2 Å². The van der Waals surface area contributed by atoms with Gasteiger partial charge in [0.25, 0.3) is 0 Å². The average Bonchev–Trinajstić information content (AvgIpc) is 3.24. The highest BCUT2D eigenvalue weighted by molar-refractivity contribution is 5.91. The van der Waals surface area contributed by atoms with E-state index < -0.39 is 0 Å². The van der Waals surface area contributed by atoms with E-state index in [1.165, 1.54) is 6.08 Å². The first-order valence-electron chi connectivity index (χ1n) is 8.48. The first-order chi connectivity index (χ1) is 12.7. The number of fused-ring (bicyclic) bond motifs is 2. The fraction of sp³-hybridized carbons (Fsp3) is 0.200. The summed E-state index contributed by atoms with van der Waals surface area (Å²) in [5.74, 6) is 2.24. The molecule has 0 saturated carbocycles. The second-order valence-electron chi connectivity index (χ2n) is 6.04. The molecule has 0 saturated heterocycles. The third-order valence-electron chi connectivity index (χ3n) is 4.30. The number of nitrogens with zero attached hydrogens (tertiary/aromatic N) is 2. The van der Waals surface area contributed by atoms with Crippen molar-refractivity contribution in [3.05, 3.63) is 59.9 Å². The van der Waals surface area contributed by atoms with E-state index in [0.717, 1.165) is 28.2 Å². The molecule has 0 bridgehead atoms. The predicted octanol–water partition coefficient (Wildman–Crippen LogP) is 2.90. The largest absolute Gasteiger partial charge is 0.454 e. The molecule has 0 radical (unpaired) electrons. The zero-order chi connectivity index (χ0) is 17.9. The summed E-state index contributed by atoms with van der Waals surface area (Å²) >= 11 is 0. The SMILES string of the molecule is Cc1nc2ccccc2n1CCNC(=O)C=Cc1ccc2c(c1)OCO2. The summed E-state index contributed by atoms with van der Waals surface area (Å²) < 4.78 is 12.7. The number of ether oxygens (including phenoxy) is 2. The lowest BCUT2D eigenvalue weighted by Gasteiger charge is -2.07. The summed E-state index contributed by atoms with van der Waals surface area (Å²) in [5, 5.41) is 2.91. The number of rotatable bonds is 5. The number of hydrogen-bond donors (Lipinski definition) is 1. The van der Waals surface area contributed by atoms with Crippen LogP contribution >= 0.6 is 0 Å². The van der Waals surface area contributed by atoms with Crippen LogP contribution in [0.15, 0.2) is 48.5 Å². The van der Waals surface area contributed by atoms with E-state index in [2.05, 4.69) is 14.9 Å². The number of imidazole rings is 1. The van der Waals surface area contributed by atoms with Crippen LogP contribution in [0.4, 0.5) is 0 Å². The number of para-hydroxylation sites is 2. The highest BCUT2D eigenvalue weighted by Gasteiger charge is 2.12. The maximum atomic E-state index is 12.0. The number of amides is 1. The fourth-order valence-corrected chi connectivity index (χ4v) is 3.02. The molecule has 0 spiro atoms. The van der Waals surface area contributed by atoms with Gasteiger partial charge in [0.15, 0.2) is 11.5 Å². The third-order valence-corrected chi connectivity index (χ3v) is 4.30. The Bertz CT molecular complexity index is 991. The van der Waals surface area contributed by atoms with E-state index in [4.69, 9.17) is 9.47 Å². The zero-order valence-electron chi connectivity index (χ0n) is 14.4. The van der Waals surface area contributed by atoms with Gasteiger partial charge >= 0.3 is 0 Å². The Morgan fingerprint density at radius 2 is 2.08 bits per heavy atom. The molecule has 1 aliphatic rings. The molecule has 1 amide bonds. The predicted molar refractivity (Wildman–Crippen MR) is 99.1 cm³/mol. The second kappa shape index (κ2) is 6.92. The highest BCUT2D eigenvalue weighted by Crippen LogP contribution is 2.32. The van der Waals surface area contributed by atoms with Crippen molar-refractivity contribution in [2.24, 2.45) is 0 Å². The van der Waals surface area contributed by atoms with Gasteiger partial charge in [-0.05, 0) is 42.8 Å². The first kappa shape index (κ1) is 16.2. The van der Waals surface area contributed by atoms with Crippen molar-refractivity contribution < 1.29 is 14.3 Å². The standard InChI is InChI=1S/C20H19N3O3/c1-14-22-16-4-2-3-5-17(16)23(14)11-10-21-20(24)9-7-15-6-8-18-19(12-15)26-13-25-18/h2-9,12H,10-11,13H2,1H3,(H,21,24). The molecule has 6 heteroatoms. The van der Waals surface area contributed by atoms with Crippen molar-refractivity contribution in [3.8, 4) is 11.5 Å². The molecule has 0 fully saturated rings. The maximum Gasteiger partial charge on any atom is 0.244 e. The molecular weight excluding hydrogens is 330 g/mol. The number of aryl methyl sites for hydroxylation is 1. The lowest BCUT2D eigenvalue weighted by atomic mass is 10.2. The van der Waals surface area contributed by atoms with E-state index in [0.29, 0.717) is 18.8 Å². The minimum atomic E-state index is -0.134. The molecule has 1 aliphatic heterocycles. The van der Waals surface area contributed by atoms with Gasteiger partial charge < -0.3 is 19.4 Å². The molecule has 6 nitrogen and oxygen atoms in total. The molecule has 2 heterocycles. The smallest absolute Gasteiger partial charge is 0.244 e. The Morgan fingerprint density at radius 1 is 1.23 bits per heavy atom. The molecule has 1 aromatic heterocycles. The number of aromatic nitrogens is 2. The quantitative estimate of drug-likeness (QED) is 0.720. The molecular formula is C20H19N3O3. The van der Waals surface area contributed by atoms with Gasteiger partial charge in [0, 0.05) is 19.2 Å². The fourth-order valence-electron chi connectivity index (χ4n) is 3.02. The van der Waals surface area contributed by atoms with E-state index in [1.807, 2.05) is 49.4 Å². The van der Waals surface area contributed by atoms with Gasteiger partial charge in [-0.25, -0.2) is 4.98 Å². The Morgan fingerprint density at radius 3 is 3.00 bits per heavy atom. The number of nitrogens with one attached hydrogen (secondary N) is 1. The highest BCUT2D eigenvalue weighted by atomic mass is 16.7. The topological polar surface area (TPSA) is 65.4 Å². The van der Waals surface area contributed by atoms with Crippen LogP contribution in [0.2, 0.25) is 0 Å². The third kappa shape index (κ3) is 3.26. The number of carbonyl (C=O) groups excluding carboxylic acids is 1. The molecule has 0 unspecified atom stereocenters. The lowest BCUT2D eigenvalue weighted by molar-refractivity contribution is -0.116. The average molecular weight is 349 g/mol. The van der Waals surface area contributed by atoms with Crippen molar-refractivity contribution in [1.82, 2.24) is 14.9 Å². The summed E-state index contributed by atoms with van der Waals surface area (Å²) in [4.78, 5) is 16.6. The van der Waals surface area contributed by atoms with Crippen molar-refractivity contribution in [1.29, 1.82) is 0 Å². The van der Waals surface area contributed by atoms with Gasteiger partial charge in [-0.2, -0.15) is 0 Å². The van der Waals surface area contributed by atoms with Crippen LogP contribution in [0.25, 0.3) is 17.1 Å². The van der Waals surface area contributed by atoms with Crippen LogP contribution in [-0.2, 0) is 11.3 Å². The minimum Gasteiger partial charge on any atom is -0.454 e. The summed E-state index contributed by atoms with van der Waals surface area (Å²) in [6, 6.07) is 13.6. The number of carbonyl (C=O) groups is 1. The summed E-state index contributed by atoms with van der Waals surface area (Å²) in [7, 11) is 0. The monoisotopic (exact) mass is 349 g/mol. The number of hydrogen-bond acceptors (Lipinski definition) is 4. The molecule has 2 aromatic carbocycles. The lowest BCUT2D eigenvalue weighted by Crippen LogP contribution is -2.25. The summed E-state index contributed by atoms with van der Waals surface area (Å²) in [6.45, 7) is 3.42. The van der Waals surface area contributed by atoms with Crippen LogP contribution in [-0.4, -0.2) is 28.8 Å². The Hall–Kier alpha value is -3.28. The maximum absolute atomic E-state index is 12.0. The van der Waals surface area contributed by atoms with Gasteiger partial charge in [-0.15, -0.1) is 0 Å². The Labute approximate surface area is 151 Å². The van der Waals surface area contributed by atoms with Crippen LogP contribution < -0.4 is 14.8 Å². The molecule has 4 rings (SSSR count). The number of benzene rings is 2. The van der Waals surface area contributed by atoms with Crippen LogP contribution in [0.1, 0.15) is 11.4 Å². The molecule has 0 aliphatic carbocycles. The van der Waals surface area contributed by atoms with Crippen molar-refractivity contribution in [3.63, 3.8) is 0 Å². The Balaban J connectivity index is 1.34. The minimum absolute atomic E-state index is 0.134. The van der Waals surface area contributed by atoms with E-state index >= 15 is 0 Å².